The van der Waals surface area contributed by atoms with Crippen molar-refractivity contribution in [1.29, 1.82) is 0 Å². The molecule has 3 aliphatic heterocycles. The zero-order chi connectivity index (χ0) is 85.9. The molecule has 3 rings (SSSR count). The first kappa shape index (κ1) is 110. The summed E-state index contributed by atoms with van der Waals surface area (Å²) in [6.07, 6.45) is 83.1. The minimum atomic E-state index is -1.99. The van der Waals surface area contributed by atoms with Gasteiger partial charge in [-0.2, -0.15) is 0 Å². The van der Waals surface area contributed by atoms with Crippen LogP contribution in [0.3, 0.4) is 0 Å². The van der Waals surface area contributed by atoms with E-state index in [1.165, 1.54) is 289 Å². The lowest BCUT2D eigenvalue weighted by Gasteiger charge is -2.48. The largest absolute Gasteiger partial charge is 0.394 e. The van der Waals surface area contributed by atoms with Gasteiger partial charge in [0, 0.05) is 6.42 Å². The molecular weight excluding hydrogens is 1500 g/mol. The fourth-order valence-corrected chi connectivity index (χ4v) is 16.1. The minimum absolute atomic E-state index is 0.232. The normalized spacial score (nSPS) is 24.6. The average molecular weight is 1680 g/mol. The molecule has 119 heavy (non-hydrogen) atoms. The Bertz CT molecular complexity index is 2520. The lowest BCUT2D eigenvalue weighted by molar-refractivity contribution is -0.379. The maximum absolute atomic E-state index is 13.5. The van der Waals surface area contributed by atoms with E-state index in [4.69, 9.17) is 28.4 Å². The summed E-state index contributed by atoms with van der Waals surface area (Å²) in [5.41, 5.74) is 0. The number of hydrogen-bond donors (Lipinski definition) is 12. The highest BCUT2D eigenvalue weighted by molar-refractivity contribution is 5.76. The van der Waals surface area contributed by atoms with Gasteiger partial charge in [-0.25, -0.2) is 0 Å². The molecule has 1 amide bonds. The molecule has 19 nitrogen and oxygen atoms in total. The molecule has 0 saturated carbocycles. The Morgan fingerprint density at radius 2 is 0.588 bits per heavy atom. The molecule has 3 fully saturated rings. The van der Waals surface area contributed by atoms with Gasteiger partial charge in [0.25, 0.3) is 0 Å². The molecule has 0 aromatic carbocycles. The summed E-state index contributed by atoms with van der Waals surface area (Å²) in [6.45, 7) is 1.65. The minimum Gasteiger partial charge on any atom is -0.394 e. The van der Waals surface area contributed by atoms with Crippen molar-refractivity contribution in [3.63, 3.8) is 0 Å². The van der Waals surface area contributed by atoms with Crippen LogP contribution in [-0.4, -0.2) is 193 Å². The second-order valence-electron chi connectivity index (χ2n) is 34.5. The summed E-state index contributed by atoms with van der Waals surface area (Å²) in [7, 11) is 0. The van der Waals surface area contributed by atoms with Crippen LogP contribution >= 0.6 is 0 Å². The molecule has 0 aliphatic carbocycles. The number of nitrogens with one attached hydrogen (secondary N) is 1. The van der Waals surface area contributed by atoms with Crippen molar-refractivity contribution >= 4 is 5.91 Å². The van der Waals surface area contributed by atoms with Gasteiger partial charge in [-0.1, -0.05) is 400 Å². The number of allylic oxidation sites excluding steroid dienone is 15. The molecule has 3 aliphatic rings. The van der Waals surface area contributed by atoms with E-state index in [-0.39, 0.29) is 18.9 Å². The van der Waals surface area contributed by atoms with E-state index in [2.05, 4.69) is 104 Å². The molecule has 12 N–H and O–H groups in total. The fourth-order valence-electron chi connectivity index (χ4n) is 16.1. The maximum Gasteiger partial charge on any atom is 0.220 e. The molecule has 17 unspecified atom stereocenters. The Kier molecular flexibility index (Phi) is 72.2. The Morgan fingerprint density at radius 3 is 0.941 bits per heavy atom. The van der Waals surface area contributed by atoms with Crippen molar-refractivity contribution in [1.82, 2.24) is 5.32 Å². The van der Waals surface area contributed by atoms with Gasteiger partial charge in [-0.05, 0) is 89.9 Å². The van der Waals surface area contributed by atoms with Crippen LogP contribution in [0.25, 0.3) is 0 Å². The van der Waals surface area contributed by atoms with Crippen molar-refractivity contribution in [2.45, 2.75) is 503 Å². The van der Waals surface area contributed by atoms with Crippen LogP contribution in [0.5, 0.6) is 0 Å². The Morgan fingerprint density at radius 1 is 0.311 bits per heavy atom. The molecule has 0 bridgehead atoms. The van der Waals surface area contributed by atoms with E-state index in [1.54, 1.807) is 6.08 Å². The molecule has 0 aromatic rings. The van der Waals surface area contributed by atoms with Crippen molar-refractivity contribution in [2.24, 2.45) is 0 Å². The zero-order valence-corrected chi connectivity index (χ0v) is 75.1. The van der Waals surface area contributed by atoms with Crippen LogP contribution < -0.4 is 5.32 Å². The predicted octanol–water partition coefficient (Wildman–Crippen LogP) is 20.2. The van der Waals surface area contributed by atoms with Crippen molar-refractivity contribution in [3.8, 4) is 0 Å². The third-order valence-electron chi connectivity index (χ3n) is 23.8. The number of aliphatic hydroxyl groups excluding tert-OH is 11. The summed E-state index contributed by atoms with van der Waals surface area (Å²) in [6, 6.07) is -1.00. The van der Waals surface area contributed by atoms with Crippen molar-refractivity contribution in [2.75, 3.05) is 26.4 Å². The summed E-state index contributed by atoms with van der Waals surface area (Å²) in [4.78, 5) is 13.5. The monoisotopic (exact) mass is 1680 g/mol. The van der Waals surface area contributed by atoms with E-state index >= 15 is 0 Å². The van der Waals surface area contributed by atoms with E-state index in [0.29, 0.717) is 12.8 Å². The van der Waals surface area contributed by atoms with Gasteiger partial charge in [0.05, 0.1) is 38.6 Å². The van der Waals surface area contributed by atoms with Gasteiger partial charge in [0.2, 0.25) is 5.91 Å². The quantitative estimate of drug-likeness (QED) is 0.0199. The highest BCUT2D eigenvalue weighted by Gasteiger charge is 2.54. The average Bonchev–Trinajstić information content (AvgIpc) is 0.778. The number of unbranched alkanes of at least 4 members (excludes halogenated alkanes) is 50. The molecule has 3 saturated heterocycles. The summed E-state index contributed by atoms with van der Waals surface area (Å²) in [5, 5.41) is 121. The fraction of sp³-hybridized carbons (Fsp3) is 0.830. The van der Waals surface area contributed by atoms with E-state index in [1.807, 2.05) is 6.08 Å². The predicted molar refractivity (Wildman–Crippen MR) is 484 cm³/mol. The molecule has 17 atom stereocenters. The van der Waals surface area contributed by atoms with Gasteiger partial charge in [0.15, 0.2) is 18.9 Å². The van der Waals surface area contributed by atoms with Crippen LogP contribution in [-0.2, 0) is 33.2 Å². The molecule has 19 heteroatoms. The molecule has 0 radical (unpaired) electrons. The van der Waals surface area contributed by atoms with E-state index in [9.17, 15) is 61.0 Å². The smallest absolute Gasteiger partial charge is 0.220 e. The molecule has 692 valence electrons. The van der Waals surface area contributed by atoms with Gasteiger partial charge in [0.1, 0.15) is 73.2 Å². The number of carbonyl (C=O) groups is 1. The lowest BCUT2D eigenvalue weighted by Crippen LogP contribution is -2.66. The highest BCUT2D eigenvalue weighted by Crippen LogP contribution is 2.34. The van der Waals surface area contributed by atoms with Crippen LogP contribution in [0, 0.1) is 0 Å². The second-order valence-corrected chi connectivity index (χ2v) is 34.5. The van der Waals surface area contributed by atoms with Crippen LogP contribution in [0.4, 0.5) is 0 Å². The number of ether oxygens (including phenoxy) is 6. The summed E-state index contributed by atoms with van der Waals surface area (Å²) in [5.74, 6) is -0.284. The zero-order valence-electron chi connectivity index (χ0n) is 75.1. The number of hydrogen-bond acceptors (Lipinski definition) is 18. The van der Waals surface area contributed by atoms with Gasteiger partial charge in [-0.3, -0.25) is 4.79 Å². The van der Waals surface area contributed by atoms with E-state index in [0.717, 1.165) is 77.0 Å². The van der Waals surface area contributed by atoms with Crippen molar-refractivity contribution < 1.29 is 89.4 Å². The van der Waals surface area contributed by atoms with Gasteiger partial charge >= 0.3 is 0 Å². The Labute approximate surface area is 723 Å². The first-order valence-corrected chi connectivity index (χ1v) is 49.0. The SMILES string of the molecule is CC/C=C\C/C=C\C/C=C\C/C=C\C/C=C\CCCCCCCCCCCCCCCCCCCCCCCCCCCC(=O)NC(COC1OC(CO)C(OC2OC(CO)C(OC3OC(CO)C(O)C(O)C3O)C(O)C2O)C(O)C1O)C(O)/C=C/CC/C=C/CC/C=C/CCCCCCCCCCCCCCCCCCCCCCCCC. The van der Waals surface area contributed by atoms with Gasteiger partial charge in [-0.15, -0.1) is 0 Å². The Hall–Kier alpha value is -3.29. The third kappa shape index (κ3) is 55.7. The topological polar surface area (TPSA) is 307 Å². The molecule has 0 spiro atoms. The number of aliphatic hydroxyl groups is 11. The number of rotatable bonds is 80. The maximum atomic E-state index is 13.5. The molecule has 3 heterocycles. The summed E-state index contributed by atoms with van der Waals surface area (Å²) >= 11 is 0. The second kappa shape index (κ2) is 78.2. The van der Waals surface area contributed by atoms with Crippen LogP contribution in [0.2, 0.25) is 0 Å². The van der Waals surface area contributed by atoms with Crippen LogP contribution in [0.1, 0.15) is 399 Å². The highest BCUT2D eigenvalue weighted by atomic mass is 16.8. The first-order chi connectivity index (χ1) is 58.3. The molecule has 0 aromatic heterocycles. The lowest BCUT2D eigenvalue weighted by atomic mass is 9.96. The summed E-state index contributed by atoms with van der Waals surface area (Å²) < 4.78 is 34.5. The molecular formula is C100H179NO18. The third-order valence-corrected chi connectivity index (χ3v) is 23.8. The van der Waals surface area contributed by atoms with E-state index < -0.39 is 124 Å². The van der Waals surface area contributed by atoms with Crippen molar-refractivity contribution in [3.05, 3.63) is 97.2 Å². The van der Waals surface area contributed by atoms with Crippen LogP contribution in [0.15, 0.2) is 97.2 Å². The first-order valence-electron chi connectivity index (χ1n) is 49.0. The Balaban J connectivity index is 1.30. The number of carbonyl (C=O) groups excluding carboxylic acids is 1. The number of amides is 1. The standard InChI is InChI=1S/C100H179NO18/c1-3-5-7-9-11-13-15-17-19-21-23-25-27-29-31-33-35-37-38-39-40-41-42-43-44-46-48-50-52-54-56-58-60-62-64-66-68-70-72-74-76-78-88(106)101-83(84(105)77-75-73-71-69-67-65-63-61-59-57-55-53-51-49-47-45-36-34-32-30-28-26-24-22-20-18-16-14-12-10-8-6-4-2)82-114-98-94(112)91(109)96(86(80-103)116-98)119-100-95(113)92(110)97(87(81-104)117-100)118-99-93(111)90(108)89(107)85(79-102)115-99/h5,7,11,13,17,19,23,25,29,31,59,61,67,69,75,77,83-87,89-100,102-105,107-113H,3-4,6,8-10,12,14-16,18,20-22,24,26-28,30,32-58,60,62-66,68,70-74,76,78-82H2,1-2H3,(H,101,106)/b7-5-,13-11-,19-17-,25-23-,31-29-,61-59+,69-67+,77-75+. The van der Waals surface area contributed by atoms with Gasteiger partial charge < -0.3 is 89.9 Å².